The van der Waals surface area contributed by atoms with Gasteiger partial charge in [-0.25, -0.2) is 4.39 Å². The van der Waals surface area contributed by atoms with Crippen LogP contribution in [0.3, 0.4) is 0 Å². The first-order chi connectivity index (χ1) is 8.58. The number of carbonyl (C=O) groups is 1. The van der Waals surface area contributed by atoms with Crippen molar-refractivity contribution in [3.05, 3.63) is 0 Å². The van der Waals surface area contributed by atoms with E-state index >= 15 is 0 Å². The second kappa shape index (κ2) is 7.75. The second-order valence-corrected chi connectivity index (χ2v) is 5.74. The molecule has 0 aromatic heterocycles. The standard InChI is InChI=1S/C15H27FO2/c1-3-5-13(10-14(16)4-2)11-6-8-12(9-7-11)15(17)18/h11-14H,3-10H2,1-2H3,(H,17,18). The summed E-state index contributed by atoms with van der Waals surface area (Å²) in [6, 6.07) is 0. The van der Waals surface area contributed by atoms with E-state index in [1.165, 1.54) is 0 Å². The van der Waals surface area contributed by atoms with Crippen LogP contribution in [-0.4, -0.2) is 17.2 Å². The lowest BCUT2D eigenvalue weighted by Gasteiger charge is -2.33. The van der Waals surface area contributed by atoms with E-state index in [9.17, 15) is 9.18 Å². The van der Waals surface area contributed by atoms with Gasteiger partial charge in [0, 0.05) is 0 Å². The van der Waals surface area contributed by atoms with Crippen molar-refractivity contribution < 1.29 is 14.3 Å². The number of aliphatic carboxylic acids is 1. The van der Waals surface area contributed by atoms with Gasteiger partial charge in [0.1, 0.15) is 6.17 Å². The van der Waals surface area contributed by atoms with Crippen LogP contribution in [0, 0.1) is 17.8 Å². The first kappa shape index (κ1) is 15.5. The molecule has 1 saturated carbocycles. The van der Waals surface area contributed by atoms with Gasteiger partial charge in [0.15, 0.2) is 0 Å². The molecule has 18 heavy (non-hydrogen) atoms. The summed E-state index contributed by atoms with van der Waals surface area (Å²) in [4.78, 5) is 10.9. The Hall–Kier alpha value is -0.600. The zero-order valence-corrected chi connectivity index (χ0v) is 11.7. The van der Waals surface area contributed by atoms with Gasteiger partial charge >= 0.3 is 5.97 Å². The number of rotatable bonds is 7. The SMILES string of the molecule is CCCC(CC(F)CC)C1CCC(C(=O)O)CC1. The molecule has 2 unspecified atom stereocenters. The van der Waals surface area contributed by atoms with E-state index in [4.69, 9.17) is 5.11 Å². The smallest absolute Gasteiger partial charge is 0.306 e. The molecule has 1 fully saturated rings. The summed E-state index contributed by atoms with van der Waals surface area (Å²) in [5.74, 6) is 0.193. The Balaban J connectivity index is 2.47. The molecule has 106 valence electrons. The maximum atomic E-state index is 13.6. The molecule has 0 aromatic rings. The molecule has 2 atom stereocenters. The monoisotopic (exact) mass is 258 g/mol. The van der Waals surface area contributed by atoms with Gasteiger partial charge in [0.25, 0.3) is 0 Å². The topological polar surface area (TPSA) is 37.3 Å². The molecule has 1 N–H and O–H groups in total. The normalized spacial score (nSPS) is 27.7. The highest BCUT2D eigenvalue weighted by Crippen LogP contribution is 2.38. The van der Waals surface area contributed by atoms with Crippen LogP contribution in [0.4, 0.5) is 4.39 Å². The number of carboxylic acid groups (broad SMARTS) is 1. The van der Waals surface area contributed by atoms with Crippen molar-refractivity contribution in [2.75, 3.05) is 0 Å². The molecule has 0 aliphatic heterocycles. The highest BCUT2D eigenvalue weighted by atomic mass is 19.1. The summed E-state index contributed by atoms with van der Waals surface area (Å²) in [5, 5.41) is 8.99. The van der Waals surface area contributed by atoms with Gasteiger partial charge in [-0.2, -0.15) is 0 Å². The van der Waals surface area contributed by atoms with E-state index in [2.05, 4.69) is 6.92 Å². The molecule has 0 saturated heterocycles. The Morgan fingerprint density at radius 3 is 2.33 bits per heavy atom. The second-order valence-electron chi connectivity index (χ2n) is 5.74. The van der Waals surface area contributed by atoms with Crippen molar-refractivity contribution in [1.29, 1.82) is 0 Å². The molecule has 0 bridgehead atoms. The Morgan fingerprint density at radius 1 is 1.28 bits per heavy atom. The summed E-state index contributed by atoms with van der Waals surface area (Å²) < 4.78 is 13.6. The molecule has 0 aromatic carbocycles. The lowest BCUT2D eigenvalue weighted by molar-refractivity contribution is -0.143. The predicted octanol–water partition coefficient (Wildman–Crippen LogP) is 4.43. The highest BCUT2D eigenvalue weighted by Gasteiger charge is 2.31. The van der Waals surface area contributed by atoms with Crippen LogP contribution in [-0.2, 0) is 4.79 Å². The van der Waals surface area contributed by atoms with Crippen LogP contribution >= 0.6 is 0 Å². The van der Waals surface area contributed by atoms with Crippen molar-refractivity contribution in [3.8, 4) is 0 Å². The molecular formula is C15H27FO2. The molecule has 1 aliphatic carbocycles. The van der Waals surface area contributed by atoms with E-state index < -0.39 is 12.1 Å². The van der Waals surface area contributed by atoms with Gasteiger partial charge in [0.05, 0.1) is 5.92 Å². The maximum absolute atomic E-state index is 13.6. The summed E-state index contributed by atoms with van der Waals surface area (Å²) in [7, 11) is 0. The Morgan fingerprint density at radius 2 is 1.89 bits per heavy atom. The number of halogens is 1. The fourth-order valence-corrected chi connectivity index (χ4v) is 3.25. The van der Waals surface area contributed by atoms with Crippen LogP contribution in [0.25, 0.3) is 0 Å². The fourth-order valence-electron chi connectivity index (χ4n) is 3.25. The van der Waals surface area contributed by atoms with Gasteiger partial charge in [0.2, 0.25) is 0 Å². The molecule has 0 radical (unpaired) electrons. The largest absolute Gasteiger partial charge is 0.481 e. The van der Waals surface area contributed by atoms with Crippen LogP contribution in [0.15, 0.2) is 0 Å². The third kappa shape index (κ3) is 4.58. The fraction of sp³-hybridized carbons (Fsp3) is 0.933. The van der Waals surface area contributed by atoms with Crippen molar-refractivity contribution >= 4 is 5.97 Å². The minimum absolute atomic E-state index is 0.157. The Labute approximate surface area is 110 Å². The van der Waals surface area contributed by atoms with Crippen LogP contribution in [0.5, 0.6) is 0 Å². The average molecular weight is 258 g/mol. The summed E-state index contributed by atoms with van der Waals surface area (Å²) >= 11 is 0. The molecule has 3 heteroatoms. The van der Waals surface area contributed by atoms with Gasteiger partial charge < -0.3 is 5.11 Å². The minimum atomic E-state index is -0.682. The molecule has 1 aliphatic rings. The molecule has 2 nitrogen and oxygen atoms in total. The third-order valence-corrected chi connectivity index (χ3v) is 4.45. The van der Waals surface area contributed by atoms with Crippen LogP contribution in [0.2, 0.25) is 0 Å². The number of alkyl halides is 1. The Kier molecular flexibility index (Phi) is 6.66. The van der Waals surface area contributed by atoms with E-state index in [0.29, 0.717) is 24.7 Å². The highest BCUT2D eigenvalue weighted by molar-refractivity contribution is 5.69. The number of carboxylic acids is 1. The molecule has 1 rings (SSSR count). The van der Waals surface area contributed by atoms with E-state index in [1.54, 1.807) is 0 Å². The average Bonchev–Trinajstić information content (AvgIpc) is 2.38. The van der Waals surface area contributed by atoms with Gasteiger partial charge in [-0.3, -0.25) is 4.79 Å². The first-order valence-electron chi connectivity index (χ1n) is 7.45. The van der Waals surface area contributed by atoms with Gasteiger partial charge in [-0.05, 0) is 50.4 Å². The third-order valence-electron chi connectivity index (χ3n) is 4.45. The van der Waals surface area contributed by atoms with Crippen LogP contribution in [0.1, 0.15) is 65.2 Å². The predicted molar refractivity (Wildman–Crippen MR) is 71.3 cm³/mol. The quantitative estimate of drug-likeness (QED) is 0.733. The number of hydrogen-bond donors (Lipinski definition) is 1. The lowest BCUT2D eigenvalue weighted by Crippen LogP contribution is -2.27. The zero-order valence-electron chi connectivity index (χ0n) is 11.7. The molecule has 0 amide bonds. The molecular weight excluding hydrogens is 231 g/mol. The zero-order chi connectivity index (χ0) is 13.5. The summed E-state index contributed by atoms with van der Waals surface area (Å²) in [5.41, 5.74) is 0. The first-order valence-corrected chi connectivity index (χ1v) is 7.45. The summed E-state index contributed by atoms with van der Waals surface area (Å²) in [6.45, 7) is 4.05. The van der Waals surface area contributed by atoms with Crippen molar-refractivity contribution in [3.63, 3.8) is 0 Å². The molecule has 0 spiro atoms. The van der Waals surface area contributed by atoms with E-state index in [0.717, 1.165) is 38.5 Å². The molecule has 0 heterocycles. The van der Waals surface area contributed by atoms with E-state index in [1.807, 2.05) is 6.92 Å². The van der Waals surface area contributed by atoms with Crippen molar-refractivity contribution in [2.45, 2.75) is 71.4 Å². The van der Waals surface area contributed by atoms with Crippen molar-refractivity contribution in [2.24, 2.45) is 17.8 Å². The van der Waals surface area contributed by atoms with Crippen LogP contribution < -0.4 is 0 Å². The van der Waals surface area contributed by atoms with Gasteiger partial charge in [-0.15, -0.1) is 0 Å². The van der Waals surface area contributed by atoms with Gasteiger partial charge in [-0.1, -0.05) is 26.7 Å². The summed E-state index contributed by atoms with van der Waals surface area (Å²) in [6.07, 6.45) is 6.28. The van der Waals surface area contributed by atoms with E-state index in [-0.39, 0.29) is 5.92 Å². The van der Waals surface area contributed by atoms with Crippen molar-refractivity contribution in [1.82, 2.24) is 0 Å². The Bertz CT molecular complexity index is 247. The maximum Gasteiger partial charge on any atom is 0.306 e. The lowest BCUT2D eigenvalue weighted by atomic mass is 9.73. The number of hydrogen-bond acceptors (Lipinski definition) is 1. The minimum Gasteiger partial charge on any atom is -0.481 e.